The Morgan fingerprint density at radius 2 is 2.12 bits per heavy atom. The first-order valence-electron chi connectivity index (χ1n) is 7.01. The van der Waals surface area contributed by atoms with Crippen LogP contribution in [-0.2, 0) is 4.79 Å². The van der Waals surface area contributed by atoms with E-state index < -0.39 is 0 Å². The fourth-order valence-corrected chi connectivity index (χ4v) is 2.68. The van der Waals surface area contributed by atoms with Gasteiger partial charge in [0.1, 0.15) is 0 Å². The SMILES string of the molecule is CCCCC(CC)C(=O)NCC1(CCCl)CC1. The van der Waals surface area contributed by atoms with Gasteiger partial charge in [0.05, 0.1) is 0 Å². The highest BCUT2D eigenvalue weighted by Gasteiger charge is 2.41. The lowest BCUT2D eigenvalue weighted by Gasteiger charge is -2.18. The van der Waals surface area contributed by atoms with Crippen LogP contribution in [0.15, 0.2) is 0 Å². The Labute approximate surface area is 110 Å². The number of halogens is 1. The lowest BCUT2D eigenvalue weighted by molar-refractivity contribution is -0.125. The van der Waals surface area contributed by atoms with Gasteiger partial charge in [0, 0.05) is 18.3 Å². The zero-order valence-corrected chi connectivity index (χ0v) is 12.0. The van der Waals surface area contributed by atoms with Gasteiger partial charge in [-0.15, -0.1) is 11.6 Å². The van der Waals surface area contributed by atoms with Gasteiger partial charge in [-0.2, -0.15) is 0 Å². The average molecular weight is 260 g/mol. The van der Waals surface area contributed by atoms with Crippen molar-refractivity contribution in [1.29, 1.82) is 0 Å². The molecule has 1 rings (SSSR count). The van der Waals surface area contributed by atoms with Gasteiger partial charge in [0.2, 0.25) is 5.91 Å². The molecule has 1 unspecified atom stereocenters. The Balaban J connectivity index is 2.27. The number of unbranched alkanes of at least 4 members (excludes halogenated alkanes) is 1. The van der Waals surface area contributed by atoms with Crippen molar-refractivity contribution in [2.24, 2.45) is 11.3 Å². The van der Waals surface area contributed by atoms with E-state index in [9.17, 15) is 4.79 Å². The van der Waals surface area contributed by atoms with E-state index in [0.29, 0.717) is 11.3 Å². The molecule has 0 spiro atoms. The number of carbonyl (C=O) groups is 1. The molecule has 1 saturated carbocycles. The summed E-state index contributed by atoms with van der Waals surface area (Å²) >= 11 is 5.79. The Bertz CT molecular complexity index is 238. The minimum atomic E-state index is 0.210. The van der Waals surface area contributed by atoms with Gasteiger partial charge < -0.3 is 5.32 Å². The van der Waals surface area contributed by atoms with Crippen LogP contribution in [0.5, 0.6) is 0 Å². The highest BCUT2D eigenvalue weighted by Crippen LogP contribution is 2.48. The van der Waals surface area contributed by atoms with Crippen LogP contribution >= 0.6 is 11.6 Å². The van der Waals surface area contributed by atoms with E-state index in [1.54, 1.807) is 0 Å². The smallest absolute Gasteiger partial charge is 0.223 e. The summed E-state index contributed by atoms with van der Waals surface area (Å²) in [4.78, 5) is 12.0. The molecule has 0 aliphatic heterocycles. The van der Waals surface area contributed by atoms with Gasteiger partial charge in [0.25, 0.3) is 0 Å². The third kappa shape index (κ3) is 4.87. The van der Waals surface area contributed by atoms with E-state index in [2.05, 4.69) is 19.2 Å². The van der Waals surface area contributed by atoms with E-state index in [1.165, 1.54) is 19.3 Å². The van der Waals surface area contributed by atoms with Gasteiger partial charge in [-0.05, 0) is 37.5 Å². The van der Waals surface area contributed by atoms with Gasteiger partial charge in [-0.25, -0.2) is 0 Å². The molecule has 0 aromatic rings. The van der Waals surface area contributed by atoms with Crippen LogP contribution < -0.4 is 5.32 Å². The summed E-state index contributed by atoms with van der Waals surface area (Å²) in [5, 5.41) is 3.13. The lowest BCUT2D eigenvalue weighted by atomic mass is 9.97. The van der Waals surface area contributed by atoms with Crippen molar-refractivity contribution >= 4 is 17.5 Å². The maximum Gasteiger partial charge on any atom is 0.223 e. The third-order valence-corrected chi connectivity index (χ3v) is 4.18. The van der Waals surface area contributed by atoms with E-state index in [0.717, 1.165) is 32.2 Å². The number of hydrogen-bond acceptors (Lipinski definition) is 1. The Morgan fingerprint density at radius 3 is 2.59 bits per heavy atom. The molecular formula is C14H26ClNO. The molecule has 1 N–H and O–H groups in total. The molecule has 1 fully saturated rings. The van der Waals surface area contributed by atoms with Crippen molar-refractivity contribution in [2.75, 3.05) is 12.4 Å². The highest BCUT2D eigenvalue weighted by molar-refractivity contribution is 6.17. The largest absolute Gasteiger partial charge is 0.355 e. The molecule has 17 heavy (non-hydrogen) atoms. The molecule has 0 saturated heterocycles. The molecule has 0 aromatic heterocycles. The molecular weight excluding hydrogens is 234 g/mol. The summed E-state index contributed by atoms with van der Waals surface area (Å²) in [6.07, 6.45) is 7.80. The predicted molar refractivity (Wildman–Crippen MR) is 73.3 cm³/mol. The zero-order valence-electron chi connectivity index (χ0n) is 11.2. The Morgan fingerprint density at radius 1 is 1.41 bits per heavy atom. The summed E-state index contributed by atoms with van der Waals surface area (Å²) in [6.45, 7) is 5.11. The van der Waals surface area contributed by atoms with Crippen molar-refractivity contribution in [3.63, 3.8) is 0 Å². The molecule has 1 amide bonds. The molecule has 0 aromatic carbocycles. The quantitative estimate of drug-likeness (QED) is 0.628. The van der Waals surface area contributed by atoms with E-state index in [4.69, 9.17) is 11.6 Å². The Kier molecular flexibility index (Phi) is 6.32. The summed E-state index contributed by atoms with van der Waals surface area (Å²) in [7, 11) is 0. The highest BCUT2D eigenvalue weighted by atomic mass is 35.5. The topological polar surface area (TPSA) is 29.1 Å². The van der Waals surface area contributed by atoms with E-state index >= 15 is 0 Å². The lowest BCUT2D eigenvalue weighted by Crippen LogP contribution is -2.35. The van der Waals surface area contributed by atoms with Crippen molar-refractivity contribution in [3.05, 3.63) is 0 Å². The predicted octanol–water partition coefficient (Wildman–Crippen LogP) is 3.73. The summed E-state index contributed by atoms with van der Waals surface area (Å²) in [5.41, 5.74) is 0.348. The number of alkyl halides is 1. The van der Waals surface area contributed by atoms with E-state index in [-0.39, 0.29) is 11.8 Å². The molecule has 1 aliphatic rings. The monoisotopic (exact) mass is 259 g/mol. The molecule has 2 nitrogen and oxygen atoms in total. The van der Waals surface area contributed by atoms with Crippen LogP contribution in [0.3, 0.4) is 0 Å². The number of hydrogen-bond donors (Lipinski definition) is 1. The maximum atomic E-state index is 12.0. The fourth-order valence-electron chi connectivity index (χ4n) is 2.28. The average Bonchev–Trinajstić information content (AvgIpc) is 3.08. The van der Waals surface area contributed by atoms with Crippen molar-refractivity contribution in [1.82, 2.24) is 5.32 Å². The second kappa shape index (κ2) is 7.25. The molecule has 0 heterocycles. The zero-order chi connectivity index (χ0) is 12.7. The van der Waals surface area contributed by atoms with Crippen LogP contribution in [0, 0.1) is 11.3 Å². The molecule has 100 valence electrons. The molecule has 0 bridgehead atoms. The standard InChI is InChI=1S/C14H26ClNO/c1-3-5-6-12(4-2)13(17)16-11-14(7-8-14)9-10-15/h12H,3-11H2,1-2H3,(H,16,17). The van der Waals surface area contributed by atoms with E-state index in [1.807, 2.05) is 0 Å². The summed E-state index contributed by atoms with van der Waals surface area (Å²) in [6, 6.07) is 0. The normalized spacial score (nSPS) is 18.8. The Hall–Kier alpha value is -0.240. The van der Waals surface area contributed by atoms with Crippen LogP contribution in [-0.4, -0.2) is 18.3 Å². The second-order valence-corrected chi connectivity index (χ2v) is 5.78. The van der Waals surface area contributed by atoms with Crippen molar-refractivity contribution < 1.29 is 4.79 Å². The van der Waals surface area contributed by atoms with Gasteiger partial charge in [-0.3, -0.25) is 4.79 Å². The van der Waals surface area contributed by atoms with Crippen molar-refractivity contribution in [3.8, 4) is 0 Å². The number of carbonyl (C=O) groups excluding carboxylic acids is 1. The third-order valence-electron chi connectivity index (χ3n) is 3.99. The maximum absolute atomic E-state index is 12.0. The van der Waals surface area contributed by atoms with Crippen molar-refractivity contribution in [2.45, 2.75) is 58.8 Å². The molecule has 0 radical (unpaired) electrons. The first kappa shape index (κ1) is 14.8. The van der Waals surface area contributed by atoms with Gasteiger partial charge >= 0.3 is 0 Å². The number of amides is 1. The van der Waals surface area contributed by atoms with Gasteiger partial charge in [-0.1, -0.05) is 26.7 Å². The first-order valence-corrected chi connectivity index (χ1v) is 7.54. The van der Waals surface area contributed by atoms with Crippen LogP contribution in [0.25, 0.3) is 0 Å². The minimum absolute atomic E-state index is 0.210. The minimum Gasteiger partial charge on any atom is -0.355 e. The first-order chi connectivity index (χ1) is 8.17. The molecule has 1 aliphatic carbocycles. The summed E-state index contributed by atoms with van der Waals surface area (Å²) < 4.78 is 0. The van der Waals surface area contributed by atoms with Gasteiger partial charge in [0.15, 0.2) is 0 Å². The molecule has 3 heteroatoms. The van der Waals surface area contributed by atoms with Crippen LogP contribution in [0.2, 0.25) is 0 Å². The number of nitrogens with one attached hydrogen (secondary N) is 1. The van der Waals surface area contributed by atoms with Crippen LogP contribution in [0.4, 0.5) is 0 Å². The summed E-state index contributed by atoms with van der Waals surface area (Å²) in [5.74, 6) is 1.17. The molecule has 1 atom stereocenters. The fraction of sp³-hybridized carbons (Fsp3) is 0.929. The van der Waals surface area contributed by atoms with Crippen LogP contribution in [0.1, 0.15) is 58.8 Å². The number of rotatable bonds is 9. The second-order valence-electron chi connectivity index (χ2n) is 5.40.